The van der Waals surface area contributed by atoms with Crippen molar-refractivity contribution in [1.29, 1.82) is 0 Å². The first-order chi connectivity index (χ1) is 10.00. The van der Waals surface area contributed by atoms with E-state index in [-0.39, 0.29) is 12.5 Å². The lowest BCUT2D eigenvalue weighted by atomic mass is 9.76. The fourth-order valence-electron chi connectivity index (χ4n) is 3.13. The molecule has 1 saturated heterocycles. The predicted octanol–water partition coefficient (Wildman–Crippen LogP) is 2.38. The summed E-state index contributed by atoms with van der Waals surface area (Å²) >= 11 is 0. The number of nitrogen functional groups attached to an aromatic ring is 1. The summed E-state index contributed by atoms with van der Waals surface area (Å²) < 4.78 is 0. The largest absolute Gasteiger partial charge is 0.481 e. The fourth-order valence-corrected chi connectivity index (χ4v) is 3.13. The van der Waals surface area contributed by atoms with Crippen LogP contribution in [0.5, 0.6) is 0 Å². The lowest BCUT2D eigenvalue weighted by Crippen LogP contribution is -2.50. The average Bonchev–Trinajstić information content (AvgIpc) is 2.47. The smallest absolute Gasteiger partial charge is 0.311 e. The first kappa shape index (κ1) is 15.4. The maximum Gasteiger partial charge on any atom is 0.311 e. The average molecular weight is 290 g/mol. The molecule has 0 bridgehead atoms. The Morgan fingerprint density at radius 1 is 1.38 bits per heavy atom. The van der Waals surface area contributed by atoms with E-state index in [0.717, 1.165) is 6.42 Å². The molecule has 5 heteroatoms. The van der Waals surface area contributed by atoms with Gasteiger partial charge in [-0.05, 0) is 31.4 Å². The van der Waals surface area contributed by atoms with E-state index in [1.807, 2.05) is 6.92 Å². The van der Waals surface area contributed by atoms with Gasteiger partial charge in [-0.3, -0.25) is 9.59 Å². The number of hydrogen-bond donors (Lipinski definition) is 2. The number of nitrogens with two attached hydrogens (primary N) is 1. The highest BCUT2D eigenvalue weighted by atomic mass is 16.4. The topological polar surface area (TPSA) is 83.6 Å². The summed E-state index contributed by atoms with van der Waals surface area (Å²) in [5.41, 5.74) is 5.93. The number of hydrogen-bond acceptors (Lipinski definition) is 3. The molecule has 0 aromatic heterocycles. The summed E-state index contributed by atoms with van der Waals surface area (Å²) in [5.74, 6) is -0.975. The van der Waals surface area contributed by atoms with Crippen LogP contribution in [0.15, 0.2) is 24.3 Å². The van der Waals surface area contributed by atoms with Crippen molar-refractivity contribution in [2.45, 2.75) is 32.6 Å². The van der Waals surface area contributed by atoms with Crippen LogP contribution in [0.4, 0.5) is 5.69 Å². The van der Waals surface area contributed by atoms with Crippen LogP contribution in [0.1, 0.15) is 43.0 Å². The number of carbonyl (C=O) groups excluding carboxylic acids is 1. The predicted molar refractivity (Wildman–Crippen MR) is 81.0 cm³/mol. The van der Waals surface area contributed by atoms with Crippen LogP contribution in [0, 0.1) is 5.41 Å². The number of piperidine rings is 1. The zero-order valence-corrected chi connectivity index (χ0v) is 12.3. The van der Waals surface area contributed by atoms with Crippen LogP contribution in [0.3, 0.4) is 0 Å². The normalized spacial score (nSPS) is 22.0. The summed E-state index contributed by atoms with van der Waals surface area (Å²) in [4.78, 5) is 25.9. The van der Waals surface area contributed by atoms with Gasteiger partial charge in [0.2, 0.25) is 0 Å². The first-order valence-corrected chi connectivity index (χ1v) is 7.37. The second kappa shape index (κ2) is 6.16. The molecular formula is C16H22N2O3. The van der Waals surface area contributed by atoms with Crippen LogP contribution in [0.2, 0.25) is 0 Å². The van der Waals surface area contributed by atoms with Crippen molar-refractivity contribution in [3.05, 3.63) is 29.8 Å². The third-order valence-electron chi connectivity index (χ3n) is 4.24. The summed E-state index contributed by atoms with van der Waals surface area (Å²) in [7, 11) is 0. The summed E-state index contributed by atoms with van der Waals surface area (Å²) in [6.45, 7) is 2.83. The molecule has 1 fully saturated rings. The van der Waals surface area contributed by atoms with Gasteiger partial charge in [0.15, 0.2) is 0 Å². The Balaban J connectivity index is 2.23. The number of anilines is 1. The van der Waals surface area contributed by atoms with Crippen molar-refractivity contribution >= 4 is 17.6 Å². The van der Waals surface area contributed by atoms with Gasteiger partial charge in [-0.2, -0.15) is 0 Å². The highest BCUT2D eigenvalue weighted by Gasteiger charge is 2.43. The second-order valence-electron chi connectivity index (χ2n) is 5.75. The van der Waals surface area contributed by atoms with Crippen molar-refractivity contribution in [2.75, 3.05) is 18.8 Å². The summed E-state index contributed by atoms with van der Waals surface area (Å²) in [6, 6.07) is 6.92. The van der Waals surface area contributed by atoms with E-state index in [4.69, 9.17) is 5.73 Å². The van der Waals surface area contributed by atoms with Gasteiger partial charge in [-0.15, -0.1) is 0 Å². The maximum atomic E-state index is 12.6. The Bertz CT molecular complexity index is 540. The van der Waals surface area contributed by atoms with Crippen molar-refractivity contribution < 1.29 is 14.7 Å². The van der Waals surface area contributed by atoms with Crippen LogP contribution in [0.25, 0.3) is 0 Å². The van der Waals surface area contributed by atoms with Crippen LogP contribution in [-0.4, -0.2) is 35.0 Å². The third-order valence-corrected chi connectivity index (χ3v) is 4.24. The number of carboxylic acids is 1. The molecule has 0 saturated carbocycles. The minimum Gasteiger partial charge on any atom is -0.481 e. The number of rotatable bonds is 4. The first-order valence-electron chi connectivity index (χ1n) is 7.37. The van der Waals surface area contributed by atoms with E-state index in [1.165, 1.54) is 0 Å². The van der Waals surface area contributed by atoms with Crippen molar-refractivity contribution in [2.24, 2.45) is 5.41 Å². The molecule has 1 atom stereocenters. The number of benzene rings is 1. The Labute approximate surface area is 124 Å². The SMILES string of the molecule is CCCC1(C(=O)O)CCCN(C(=O)c2ccccc2N)C1. The summed E-state index contributed by atoms with van der Waals surface area (Å²) in [6.07, 6.45) is 2.73. The van der Waals surface area contributed by atoms with Gasteiger partial charge in [0, 0.05) is 18.8 Å². The van der Waals surface area contributed by atoms with Gasteiger partial charge in [0.25, 0.3) is 5.91 Å². The molecular weight excluding hydrogens is 268 g/mol. The van der Waals surface area contributed by atoms with Crippen LogP contribution in [-0.2, 0) is 4.79 Å². The molecule has 114 valence electrons. The number of amides is 1. The van der Waals surface area contributed by atoms with Crippen molar-refractivity contribution in [1.82, 2.24) is 4.90 Å². The molecule has 1 aromatic rings. The molecule has 0 spiro atoms. The number of para-hydroxylation sites is 1. The Morgan fingerprint density at radius 3 is 2.71 bits per heavy atom. The molecule has 1 aliphatic rings. The molecule has 1 amide bonds. The molecule has 2 rings (SSSR count). The van der Waals surface area contributed by atoms with Crippen molar-refractivity contribution in [3.8, 4) is 0 Å². The number of carboxylic acid groups (broad SMARTS) is 1. The third kappa shape index (κ3) is 3.01. The lowest BCUT2D eigenvalue weighted by Gasteiger charge is -2.40. The lowest BCUT2D eigenvalue weighted by molar-refractivity contribution is -0.152. The Hall–Kier alpha value is -2.04. The molecule has 1 heterocycles. The number of likely N-dealkylation sites (tertiary alicyclic amines) is 1. The molecule has 0 aliphatic carbocycles. The van der Waals surface area contributed by atoms with Crippen LogP contribution >= 0.6 is 0 Å². The molecule has 3 N–H and O–H groups in total. The minimum absolute atomic E-state index is 0.172. The van der Waals surface area contributed by atoms with Gasteiger partial charge >= 0.3 is 5.97 Å². The highest BCUT2D eigenvalue weighted by molar-refractivity contribution is 5.99. The van der Waals surface area contributed by atoms with E-state index >= 15 is 0 Å². The molecule has 21 heavy (non-hydrogen) atoms. The maximum absolute atomic E-state index is 12.6. The van der Waals surface area contributed by atoms with Crippen LogP contribution < -0.4 is 5.73 Å². The van der Waals surface area contributed by atoms with E-state index in [9.17, 15) is 14.7 Å². The highest BCUT2D eigenvalue weighted by Crippen LogP contribution is 2.35. The monoisotopic (exact) mass is 290 g/mol. The molecule has 5 nitrogen and oxygen atoms in total. The van der Waals surface area contributed by atoms with Crippen molar-refractivity contribution in [3.63, 3.8) is 0 Å². The molecule has 1 aliphatic heterocycles. The standard InChI is InChI=1S/C16H22N2O3/c1-2-8-16(15(20)21)9-5-10-18(11-16)14(19)12-6-3-4-7-13(12)17/h3-4,6-7H,2,5,8-11,17H2,1H3,(H,20,21). The summed E-state index contributed by atoms with van der Waals surface area (Å²) in [5, 5.41) is 9.58. The molecule has 1 unspecified atom stereocenters. The van der Waals surface area contributed by atoms with E-state index < -0.39 is 11.4 Å². The van der Waals surface area contributed by atoms with Gasteiger partial charge in [0.1, 0.15) is 0 Å². The van der Waals surface area contributed by atoms with Gasteiger partial charge < -0.3 is 15.7 Å². The van der Waals surface area contributed by atoms with E-state index in [2.05, 4.69) is 0 Å². The van der Waals surface area contributed by atoms with E-state index in [1.54, 1.807) is 29.2 Å². The number of nitrogens with zero attached hydrogens (tertiary/aromatic N) is 1. The van der Waals surface area contributed by atoms with Gasteiger partial charge in [-0.1, -0.05) is 25.5 Å². The van der Waals surface area contributed by atoms with Gasteiger partial charge in [-0.25, -0.2) is 0 Å². The minimum atomic E-state index is -0.813. The second-order valence-corrected chi connectivity index (χ2v) is 5.75. The fraction of sp³-hybridized carbons (Fsp3) is 0.500. The van der Waals surface area contributed by atoms with Gasteiger partial charge in [0.05, 0.1) is 11.0 Å². The zero-order chi connectivity index (χ0) is 15.5. The van der Waals surface area contributed by atoms with E-state index in [0.29, 0.717) is 37.1 Å². The Morgan fingerprint density at radius 2 is 2.10 bits per heavy atom. The Kier molecular flexibility index (Phi) is 4.50. The number of aliphatic carboxylic acids is 1. The number of carbonyl (C=O) groups is 2. The molecule has 1 aromatic carbocycles. The zero-order valence-electron chi connectivity index (χ0n) is 12.3. The molecule has 0 radical (unpaired) electrons. The quantitative estimate of drug-likeness (QED) is 0.834.